The van der Waals surface area contributed by atoms with Gasteiger partial charge in [0.2, 0.25) is 11.8 Å². The van der Waals surface area contributed by atoms with Crippen LogP contribution in [0, 0.1) is 0 Å². The largest absolute Gasteiger partial charge is 0.495 e. The number of fused-ring (bicyclic) bond motifs is 1. The molecule has 168 valence electrons. The van der Waals surface area contributed by atoms with Crippen LogP contribution in [0.2, 0.25) is 0 Å². The zero-order valence-electron chi connectivity index (χ0n) is 18.6. The number of nitrogens with zero attached hydrogens (tertiary/aromatic N) is 2. The van der Waals surface area contributed by atoms with E-state index in [4.69, 9.17) is 4.74 Å². The molecule has 2 aromatic carbocycles. The van der Waals surface area contributed by atoms with Crippen LogP contribution in [0.15, 0.2) is 47.3 Å². The molecule has 0 unspecified atom stereocenters. The van der Waals surface area contributed by atoms with Crippen LogP contribution < -0.4 is 20.9 Å². The number of aromatic amines is 1. The molecule has 3 aromatic rings. The van der Waals surface area contributed by atoms with Crippen molar-refractivity contribution in [3.8, 4) is 5.75 Å². The van der Waals surface area contributed by atoms with E-state index in [1.165, 1.54) is 14.0 Å². The number of ether oxygens (including phenoxy) is 1. The van der Waals surface area contributed by atoms with Gasteiger partial charge in [0, 0.05) is 18.7 Å². The topological polar surface area (TPSA) is 116 Å². The number of H-pyrrole nitrogens is 1. The molecule has 0 saturated carbocycles. The van der Waals surface area contributed by atoms with Crippen molar-refractivity contribution in [2.75, 3.05) is 24.3 Å². The van der Waals surface area contributed by atoms with Crippen LogP contribution in [0.4, 0.5) is 11.4 Å². The average molecular weight is 438 g/mol. The Kier molecular flexibility index (Phi) is 7.21. The highest BCUT2D eigenvalue weighted by Gasteiger charge is 2.18. The average Bonchev–Trinajstić information content (AvgIpc) is 2.73. The van der Waals surface area contributed by atoms with E-state index in [1.54, 1.807) is 36.4 Å². The van der Waals surface area contributed by atoms with E-state index >= 15 is 0 Å². The van der Waals surface area contributed by atoms with Crippen LogP contribution in [-0.2, 0) is 16.1 Å². The number of anilines is 2. The quantitative estimate of drug-likeness (QED) is 0.499. The molecule has 0 radical (unpaired) electrons. The fourth-order valence-electron chi connectivity index (χ4n) is 3.28. The van der Waals surface area contributed by atoms with Crippen molar-refractivity contribution in [2.45, 2.75) is 33.4 Å². The van der Waals surface area contributed by atoms with E-state index in [-0.39, 0.29) is 30.0 Å². The number of aromatic nitrogens is 2. The lowest BCUT2D eigenvalue weighted by atomic mass is 10.2. The molecule has 2 amide bonds. The van der Waals surface area contributed by atoms with Gasteiger partial charge in [0.25, 0.3) is 5.56 Å². The minimum atomic E-state index is -0.264. The third-order valence-electron chi connectivity index (χ3n) is 4.89. The first-order valence-corrected chi connectivity index (χ1v) is 10.2. The maximum atomic E-state index is 12.8. The Balaban J connectivity index is 1.76. The predicted octanol–water partition coefficient (Wildman–Crippen LogP) is 2.74. The van der Waals surface area contributed by atoms with E-state index in [1.807, 2.05) is 24.8 Å². The summed E-state index contributed by atoms with van der Waals surface area (Å²) in [4.78, 5) is 45.7. The van der Waals surface area contributed by atoms with E-state index in [0.29, 0.717) is 40.4 Å². The van der Waals surface area contributed by atoms with Gasteiger partial charge in [0.15, 0.2) is 0 Å². The first-order chi connectivity index (χ1) is 15.3. The van der Waals surface area contributed by atoms with Gasteiger partial charge in [0.1, 0.15) is 11.6 Å². The van der Waals surface area contributed by atoms with Gasteiger partial charge in [-0.05, 0) is 44.2 Å². The summed E-state index contributed by atoms with van der Waals surface area (Å²) in [5.41, 5.74) is 1.40. The molecule has 32 heavy (non-hydrogen) atoms. The Morgan fingerprint density at radius 1 is 1.16 bits per heavy atom. The molecule has 9 heteroatoms. The monoisotopic (exact) mass is 437 g/mol. The van der Waals surface area contributed by atoms with E-state index < -0.39 is 0 Å². The molecule has 9 nitrogen and oxygen atoms in total. The molecule has 1 aromatic heterocycles. The maximum Gasteiger partial charge on any atom is 0.258 e. The van der Waals surface area contributed by atoms with Gasteiger partial charge in [-0.3, -0.25) is 19.3 Å². The van der Waals surface area contributed by atoms with Crippen molar-refractivity contribution in [1.82, 2.24) is 14.9 Å². The van der Waals surface area contributed by atoms with Gasteiger partial charge < -0.3 is 20.4 Å². The van der Waals surface area contributed by atoms with Crippen molar-refractivity contribution in [3.05, 3.63) is 58.6 Å². The highest BCUT2D eigenvalue weighted by molar-refractivity contribution is 5.95. The number of nitrogens with one attached hydrogen (secondary N) is 3. The summed E-state index contributed by atoms with van der Waals surface area (Å²) in [6.07, 6.45) is 0. The maximum absolute atomic E-state index is 12.8. The van der Waals surface area contributed by atoms with Crippen LogP contribution in [0.25, 0.3) is 10.9 Å². The molecule has 0 spiro atoms. The fourth-order valence-corrected chi connectivity index (χ4v) is 3.28. The first-order valence-electron chi connectivity index (χ1n) is 10.2. The second kappa shape index (κ2) is 10.1. The van der Waals surface area contributed by atoms with Crippen molar-refractivity contribution >= 4 is 34.1 Å². The summed E-state index contributed by atoms with van der Waals surface area (Å²) in [5.74, 6) is 0.486. The number of para-hydroxylation sites is 1. The molecular formula is C23H27N5O4. The Morgan fingerprint density at radius 3 is 2.59 bits per heavy atom. The number of amides is 2. The van der Waals surface area contributed by atoms with Crippen LogP contribution in [0.3, 0.4) is 0 Å². The molecular weight excluding hydrogens is 410 g/mol. The second-order valence-corrected chi connectivity index (χ2v) is 7.67. The lowest BCUT2D eigenvalue weighted by molar-refractivity contribution is -0.118. The summed E-state index contributed by atoms with van der Waals surface area (Å²) in [6, 6.07) is 12.2. The summed E-state index contributed by atoms with van der Waals surface area (Å²) >= 11 is 0. The standard InChI is InChI=1S/C23H27N5O4/c1-14(2)28(12-21-25-18-8-6-5-7-17(18)23(31)27-21)13-22(30)26-19-11-16(24-15(3)29)9-10-20(19)32-4/h5-11,14H,12-13H2,1-4H3,(H,24,29)(H,26,30)(H,25,27,31). The summed E-state index contributed by atoms with van der Waals surface area (Å²) in [7, 11) is 1.51. The molecule has 0 bridgehead atoms. The number of benzene rings is 2. The fraction of sp³-hybridized carbons (Fsp3) is 0.304. The van der Waals surface area contributed by atoms with Crippen LogP contribution in [0.5, 0.6) is 5.75 Å². The number of rotatable bonds is 8. The Hall–Kier alpha value is -3.72. The molecule has 0 aliphatic rings. The Morgan fingerprint density at radius 2 is 1.91 bits per heavy atom. The van der Waals surface area contributed by atoms with E-state index in [2.05, 4.69) is 20.6 Å². The van der Waals surface area contributed by atoms with Gasteiger partial charge in [-0.15, -0.1) is 0 Å². The molecule has 0 aliphatic carbocycles. The van der Waals surface area contributed by atoms with Gasteiger partial charge >= 0.3 is 0 Å². The number of methoxy groups -OCH3 is 1. The highest BCUT2D eigenvalue weighted by atomic mass is 16.5. The molecule has 0 saturated heterocycles. The summed E-state index contributed by atoms with van der Waals surface area (Å²) < 4.78 is 5.32. The van der Waals surface area contributed by atoms with Crippen LogP contribution in [-0.4, -0.2) is 46.4 Å². The van der Waals surface area contributed by atoms with Gasteiger partial charge in [-0.2, -0.15) is 0 Å². The first kappa shape index (κ1) is 23.0. The van der Waals surface area contributed by atoms with E-state index in [9.17, 15) is 14.4 Å². The lowest BCUT2D eigenvalue weighted by Crippen LogP contribution is -2.38. The molecule has 3 N–H and O–H groups in total. The molecule has 0 atom stereocenters. The van der Waals surface area contributed by atoms with Crippen molar-refractivity contribution in [2.24, 2.45) is 0 Å². The highest BCUT2D eigenvalue weighted by Crippen LogP contribution is 2.28. The number of carbonyl (C=O) groups excluding carboxylic acids is 2. The van der Waals surface area contributed by atoms with Gasteiger partial charge in [-0.1, -0.05) is 12.1 Å². The third-order valence-corrected chi connectivity index (χ3v) is 4.89. The van der Waals surface area contributed by atoms with Gasteiger partial charge in [0.05, 0.1) is 36.8 Å². The third kappa shape index (κ3) is 5.70. The number of hydrogen-bond acceptors (Lipinski definition) is 6. The normalized spacial score (nSPS) is 11.1. The Bertz CT molecular complexity index is 1190. The molecule has 1 heterocycles. The summed E-state index contributed by atoms with van der Waals surface area (Å²) in [6.45, 7) is 5.71. The van der Waals surface area contributed by atoms with Crippen molar-refractivity contribution in [3.63, 3.8) is 0 Å². The SMILES string of the molecule is COc1ccc(NC(C)=O)cc1NC(=O)CN(Cc1nc2ccccc2c(=O)[nH]1)C(C)C. The molecule has 0 aliphatic heterocycles. The zero-order valence-corrected chi connectivity index (χ0v) is 18.6. The van der Waals surface area contributed by atoms with Gasteiger partial charge in [-0.25, -0.2) is 4.98 Å². The zero-order chi connectivity index (χ0) is 23.3. The molecule has 0 fully saturated rings. The number of hydrogen-bond donors (Lipinski definition) is 3. The van der Waals surface area contributed by atoms with Crippen molar-refractivity contribution in [1.29, 1.82) is 0 Å². The van der Waals surface area contributed by atoms with Crippen LogP contribution in [0.1, 0.15) is 26.6 Å². The minimum absolute atomic E-state index is 0.0186. The van der Waals surface area contributed by atoms with Crippen LogP contribution >= 0.6 is 0 Å². The van der Waals surface area contributed by atoms with E-state index in [0.717, 1.165) is 0 Å². The number of carbonyl (C=O) groups is 2. The second-order valence-electron chi connectivity index (χ2n) is 7.67. The summed E-state index contributed by atoms with van der Waals surface area (Å²) in [5, 5.41) is 6.05. The predicted molar refractivity (Wildman–Crippen MR) is 124 cm³/mol. The lowest BCUT2D eigenvalue weighted by Gasteiger charge is -2.25. The Labute approximate surface area is 185 Å². The van der Waals surface area contributed by atoms with Crippen molar-refractivity contribution < 1.29 is 14.3 Å². The molecule has 3 rings (SSSR count). The smallest absolute Gasteiger partial charge is 0.258 e. The minimum Gasteiger partial charge on any atom is -0.495 e.